The molecule has 2 amide bonds. The fourth-order valence-electron chi connectivity index (χ4n) is 7.31. The third-order valence-electron chi connectivity index (χ3n) is 10.1. The summed E-state index contributed by atoms with van der Waals surface area (Å²) in [6.07, 6.45) is 6.50. The topological polar surface area (TPSA) is 151 Å². The Balaban J connectivity index is 1.01. The van der Waals surface area contributed by atoms with E-state index >= 15 is 4.39 Å². The molecule has 0 bridgehead atoms. The van der Waals surface area contributed by atoms with Gasteiger partial charge in [-0.1, -0.05) is 50.2 Å². The number of carbonyl (C=O) groups is 3. The van der Waals surface area contributed by atoms with Crippen LogP contribution in [0.15, 0.2) is 108 Å². The Morgan fingerprint density at radius 1 is 0.946 bits per heavy atom. The highest BCUT2D eigenvalue weighted by Gasteiger charge is 2.32. The molecule has 13 heteroatoms. The largest absolute Gasteiger partial charge is 0.456 e. The number of fused-ring (bicyclic) bond motifs is 1. The predicted molar refractivity (Wildman–Crippen MR) is 209 cm³/mol. The van der Waals surface area contributed by atoms with E-state index in [0.717, 1.165) is 23.8 Å². The minimum Gasteiger partial charge on any atom is -0.456 e. The van der Waals surface area contributed by atoms with E-state index in [1.54, 1.807) is 67.1 Å². The van der Waals surface area contributed by atoms with Crippen molar-refractivity contribution >= 4 is 28.9 Å². The highest BCUT2D eigenvalue weighted by molar-refractivity contribution is 5.92. The number of imidazole rings is 2. The Labute approximate surface area is 321 Å². The summed E-state index contributed by atoms with van der Waals surface area (Å²) in [7, 11) is 1.24. The Morgan fingerprint density at radius 2 is 1.71 bits per heavy atom. The van der Waals surface area contributed by atoms with E-state index in [1.165, 1.54) is 17.7 Å². The van der Waals surface area contributed by atoms with Crippen molar-refractivity contribution in [2.24, 2.45) is 5.92 Å². The maximum absolute atomic E-state index is 15.7. The van der Waals surface area contributed by atoms with Gasteiger partial charge in [-0.05, 0) is 72.9 Å². The molecular formula is C43H40FN7O5. The Kier molecular flexibility index (Phi) is 9.81. The smallest absolute Gasteiger partial charge is 0.407 e. The first-order chi connectivity index (χ1) is 27.2. The molecule has 284 valence electrons. The molecule has 7 aromatic rings. The normalized spacial score (nSPS) is 14.7. The zero-order valence-corrected chi connectivity index (χ0v) is 31.1. The van der Waals surface area contributed by atoms with Gasteiger partial charge in [0.15, 0.2) is 5.82 Å². The van der Waals surface area contributed by atoms with Crippen LogP contribution >= 0.6 is 0 Å². The summed E-state index contributed by atoms with van der Waals surface area (Å²) in [5.74, 6) is 1.11. The number of nitrogens with one attached hydrogen (secondary N) is 3. The van der Waals surface area contributed by atoms with Crippen LogP contribution in [0.4, 0.5) is 9.18 Å². The minimum atomic E-state index is -0.998. The van der Waals surface area contributed by atoms with Gasteiger partial charge in [-0.3, -0.25) is 14.2 Å². The van der Waals surface area contributed by atoms with Gasteiger partial charge in [-0.2, -0.15) is 0 Å². The monoisotopic (exact) mass is 753 g/mol. The van der Waals surface area contributed by atoms with Crippen LogP contribution in [0, 0.1) is 11.7 Å². The van der Waals surface area contributed by atoms with E-state index in [1.807, 2.05) is 49.1 Å². The molecule has 2 atom stereocenters. The molecule has 8 rings (SSSR count). The molecule has 3 aromatic carbocycles. The predicted octanol–water partition coefficient (Wildman–Crippen LogP) is 8.93. The maximum Gasteiger partial charge on any atom is 0.407 e. The van der Waals surface area contributed by atoms with E-state index < -0.39 is 23.9 Å². The van der Waals surface area contributed by atoms with Crippen LogP contribution in [0.1, 0.15) is 61.4 Å². The van der Waals surface area contributed by atoms with Crippen molar-refractivity contribution in [3.8, 4) is 45.4 Å². The summed E-state index contributed by atoms with van der Waals surface area (Å²) in [6.45, 7) is 4.79. The van der Waals surface area contributed by atoms with Crippen LogP contribution in [-0.2, 0) is 9.53 Å². The summed E-state index contributed by atoms with van der Waals surface area (Å²) in [5, 5.41) is 3.40. The SMILES string of the molecule is COC(=O)N[C@@H](C(=O)n1cccc1-c1ncc(-c2ccc3oc(-c4ccc(-c5cnc([C@@H]6CCCN6C(=O)CC(C)C)[nH]5)cc4F)cc3c2)[nH]1)c1ccccc1. The Morgan fingerprint density at radius 3 is 2.50 bits per heavy atom. The molecule has 0 radical (unpaired) electrons. The van der Waals surface area contributed by atoms with Gasteiger partial charge >= 0.3 is 6.09 Å². The summed E-state index contributed by atoms with van der Waals surface area (Å²) in [4.78, 5) is 56.6. The lowest BCUT2D eigenvalue weighted by Crippen LogP contribution is -2.36. The lowest BCUT2D eigenvalue weighted by Gasteiger charge is -2.24. The second-order valence-corrected chi connectivity index (χ2v) is 14.3. The number of hydrogen-bond donors (Lipinski definition) is 3. The number of furan rings is 1. The quantitative estimate of drug-likeness (QED) is 0.126. The summed E-state index contributed by atoms with van der Waals surface area (Å²) in [6, 6.07) is 23.7. The van der Waals surface area contributed by atoms with Gasteiger partial charge in [0.2, 0.25) is 5.91 Å². The molecule has 12 nitrogen and oxygen atoms in total. The van der Waals surface area contributed by atoms with Gasteiger partial charge < -0.3 is 29.3 Å². The van der Waals surface area contributed by atoms with Crippen LogP contribution < -0.4 is 5.32 Å². The zero-order valence-electron chi connectivity index (χ0n) is 31.1. The number of amides is 2. The standard InChI is InChI=1S/C43H40FN7O5/c1-25(2)19-38(52)50-17-7-11-34(50)40-45-24-33(48-40)28-13-15-30(31(44)21-28)37-22-29-20-27(14-16-36(29)56-37)32-23-46-41(47-32)35-12-8-18-51(35)42(53)39(49-43(54)55-3)26-9-5-4-6-10-26/h4-6,8-10,12-16,18,20-25,34,39H,7,11,17,19H2,1-3H3,(H,45,48)(H,46,47)(H,49,54)/t34-,39+/m0/s1. The van der Waals surface area contributed by atoms with E-state index in [-0.39, 0.29) is 17.9 Å². The number of nitrogens with zero attached hydrogens (tertiary/aromatic N) is 4. The molecule has 3 N–H and O–H groups in total. The molecule has 1 aliphatic rings. The van der Waals surface area contributed by atoms with E-state index in [9.17, 15) is 14.4 Å². The van der Waals surface area contributed by atoms with E-state index in [0.29, 0.717) is 69.7 Å². The number of carbonyl (C=O) groups excluding carboxylic acids is 3. The molecule has 5 heterocycles. The van der Waals surface area contributed by atoms with Crippen LogP contribution in [0.5, 0.6) is 0 Å². The molecule has 1 aliphatic heterocycles. The first kappa shape index (κ1) is 36.2. The van der Waals surface area contributed by atoms with Crippen molar-refractivity contribution in [3.05, 3.63) is 121 Å². The van der Waals surface area contributed by atoms with Crippen LogP contribution in [0.3, 0.4) is 0 Å². The second kappa shape index (κ2) is 15.2. The molecule has 0 spiro atoms. The number of methoxy groups -OCH3 is 1. The third kappa shape index (κ3) is 7.10. The van der Waals surface area contributed by atoms with Crippen LogP contribution in [0.25, 0.3) is 56.3 Å². The molecule has 1 fully saturated rings. The summed E-state index contributed by atoms with van der Waals surface area (Å²) >= 11 is 0. The number of benzene rings is 3. The van der Waals surface area contributed by atoms with Gasteiger partial charge in [0, 0.05) is 35.7 Å². The fraction of sp³-hybridized carbons (Fsp3) is 0.233. The number of aromatic nitrogens is 5. The first-order valence-corrected chi connectivity index (χ1v) is 18.5. The highest BCUT2D eigenvalue weighted by Crippen LogP contribution is 2.36. The maximum atomic E-state index is 15.7. The number of halogens is 1. The molecular weight excluding hydrogens is 714 g/mol. The van der Waals surface area contributed by atoms with Gasteiger partial charge in [0.1, 0.15) is 29.0 Å². The number of ether oxygens (including phenoxy) is 1. The zero-order chi connectivity index (χ0) is 38.9. The van der Waals surface area contributed by atoms with Crippen molar-refractivity contribution in [1.29, 1.82) is 0 Å². The molecule has 0 aliphatic carbocycles. The van der Waals surface area contributed by atoms with Gasteiger partial charge in [0.05, 0.1) is 48.2 Å². The molecule has 1 saturated heterocycles. The van der Waals surface area contributed by atoms with Gasteiger partial charge in [-0.25, -0.2) is 19.2 Å². The van der Waals surface area contributed by atoms with Gasteiger partial charge in [0.25, 0.3) is 5.91 Å². The summed E-state index contributed by atoms with van der Waals surface area (Å²) < 4.78 is 28.1. The average Bonchev–Trinajstić information content (AvgIpc) is 4.05. The van der Waals surface area contributed by atoms with Crippen LogP contribution in [-0.4, -0.2) is 61.0 Å². The average molecular weight is 754 g/mol. The minimum absolute atomic E-state index is 0.113. The number of hydrogen-bond acceptors (Lipinski definition) is 7. The Hall–Kier alpha value is -6.76. The second-order valence-electron chi connectivity index (χ2n) is 14.3. The van der Waals surface area contributed by atoms with E-state index in [2.05, 4.69) is 25.3 Å². The number of alkyl carbamates (subject to hydrolysis) is 1. The highest BCUT2D eigenvalue weighted by atomic mass is 19.1. The molecule has 56 heavy (non-hydrogen) atoms. The van der Waals surface area contributed by atoms with E-state index in [4.69, 9.17) is 9.15 Å². The van der Waals surface area contributed by atoms with Crippen LogP contribution in [0.2, 0.25) is 0 Å². The van der Waals surface area contributed by atoms with Crippen molar-refractivity contribution in [2.45, 2.75) is 45.2 Å². The molecule has 4 aromatic heterocycles. The Bertz CT molecular complexity index is 2550. The van der Waals surface area contributed by atoms with Crippen molar-refractivity contribution in [3.63, 3.8) is 0 Å². The third-order valence-corrected chi connectivity index (χ3v) is 10.1. The molecule has 0 unspecified atom stereocenters. The van der Waals surface area contributed by atoms with Crippen molar-refractivity contribution in [1.82, 2.24) is 34.7 Å². The number of H-pyrrole nitrogens is 2. The molecule has 0 saturated carbocycles. The summed E-state index contributed by atoms with van der Waals surface area (Å²) in [5.41, 5.74) is 4.81. The number of likely N-dealkylation sites (tertiary alicyclic amines) is 1. The number of rotatable bonds is 10. The fourth-order valence-corrected chi connectivity index (χ4v) is 7.31. The lowest BCUT2D eigenvalue weighted by atomic mass is 10.1. The lowest BCUT2D eigenvalue weighted by molar-refractivity contribution is -0.133. The van der Waals surface area contributed by atoms with Crippen molar-refractivity contribution < 1.29 is 27.9 Å². The first-order valence-electron chi connectivity index (χ1n) is 18.5. The number of aromatic amines is 2. The van der Waals surface area contributed by atoms with Crippen molar-refractivity contribution in [2.75, 3.05) is 13.7 Å². The van der Waals surface area contributed by atoms with Gasteiger partial charge in [-0.15, -0.1) is 0 Å².